The van der Waals surface area contributed by atoms with E-state index in [9.17, 15) is 15.2 Å². The van der Waals surface area contributed by atoms with E-state index < -0.39 is 6.04 Å². The van der Waals surface area contributed by atoms with Crippen LogP contribution >= 0.6 is 0 Å². The summed E-state index contributed by atoms with van der Waals surface area (Å²) in [6.07, 6.45) is 3.73. The molecule has 3 rings (SSSR count). The van der Waals surface area contributed by atoms with Crippen LogP contribution in [0, 0.1) is 17.2 Å². The summed E-state index contributed by atoms with van der Waals surface area (Å²) in [6, 6.07) is 15.5. The molecule has 0 aromatic heterocycles. The van der Waals surface area contributed by atoms with Crippen molar-refractivity contribution in [2.75, 3.05) is 11.9 Å². The monoisotopic (exact) mass is 393 g/mol. The molecule has 29 heavy (non-hydrogen) atoms. The first-order chi connectivity index (χ1) is 14.1. The van der Waals surface area contributed by atoms with Gasteiger partial charge in [0.1, 0.15) is 17.5 Å². The average Bonchev–Trinajstić information content (AvgIpc) is 2.74. The molecule has 1 aliphatic rings. The second-order valence-corrected chi connectivity index (χ2v) is 7.26. The van der Waals surface area contributed by atoms with Gasteiger partial charge in [-0.1, -0.05) is 25.0 Å². The number of phenols is 1. The van der Waals surface area contributed by atoms with Crippen molar-refractivity contribution in [2.45, 2.75) is 44.7 Å². The van der Waals surface area contributed by atoms with Gasteiger partial charge in [0.05, 0.1) is 18.6 Å². The highest BCUT2D eigenvalue weighted by Crippen LogP contribution is 2.29. The van der Waals surface area contributed by atoms with Crippen LogP contribution in [-0.2, 0) is 4.79 Å². The van der Waals surface area contributed by atoms with Gasteiger partial charge in [0.15, 0.2) is 0 Å². The number of aromatic hydroxyl groups is 1. The van der Waals surface area contributed by atoms with Gasteiger partial charge < -0.3 is 20.5 Å². The fraction of sp³-hybridized carbons (Fsp3) is 0.391. The maximum atomic E-state index is 13.0. The van der Waals surface area contributed by atoms with Gasteiger partial charge in [0.25, 0.3) is 0 Å². The molecule has 0 bridgehead atoms. The van der Waals surface area contributed by atoms with Crippen molar-refractivity contribution >= 4 is 11.6 Å². The lowest BCUT2D eigenvalue weighted by atomic mass is 9.83. The first-order valence-electron chi connectivity index (χ1n) is 10.1. The summed E-state index contributed by atoms with van der Waals surface area (Å²) in [5.41, 5.74) is 1.52. The second-order valence-electron chi connectivity index (χ2n) is 7.26. The van der Waals surface area contributed by atoms with Crippen molar-refractivity contribution in [3.63, 3.8) is 0 Å². The number of benzene rings is 2. The number of phenolic OH excluding ortho intramolecular Hbond substituents is 1. The lowest BCUT2D eigenvalue weighted by molar-refractivity contribution is -0.126. The van der Waals surface area contributed by atoms with E-state index in [1.54, 1.807) is 12.1 Å². The third-order valence-electron chi connectivity index (χ3n) is 5.24. The van der Waals surface area contributed by atoms with E-state index in [0.717, 1.165) is 37.1 Å². The normalized spacial score (nSPS) is 19.6. The molecule has 0 heterocycles. The second kappa shape index (κ2) is 9.83. The minimum atomic E-state index is -0.789. The Hall–Kier alpha value is -3.20. The van der Waals surface area contributed by atoms with Crippen molar-refractivity contribution in [3.8, 4) is 17.6 Å². The van der Waals surface area contributed by atoms with Gasteiger partial charge in [-0.3, -0.25) is 4.79 Å². The maximum absolute atomic E-state index is 13.0. The number of carbonyl (C=O) groups excluding carboxylic acids is 1. The smallest absolute Gasteiger partial charge is 0.226 e. The van der Waals surface area contributed by atoms with Crippen molar-refractivity contribution in [2.24, 2.45) is 5.92 Å². The SMILES string of the molecule is CCOc1ccc(N[C@H]2CCCC[C@H]2C(=O)NC(C#N)c2cccc(O)c2)cc1. The van der Waals surface area contributed by atoms with E-state index in [-0.39, 0.29) is 23.6 Å². The third-order valence-corrected chi connectivity index (χ3v) is 5.24. The van der Waals surface area contributed by atoms with Crippen molar-refractivity contribution in [1.82, 2.24) is 5.32 Å². The first kappa shape index (κ1) is 20.5. The summed E-state index contributed by atoms with van der Waals surface area (Å²) in [6.45, 7) is 2.57. The molecule has 3 atom stereocenters. The van der Waals surface area contributed by atoms with Gasteiger partial charge in [0, 0.05) is 11.7 Å². The predicted molar refractivity (Wildman–Crippen MR) is 112 cm³/mol. The largest absolute Gasteiger partial charge is 0.508 e. The third kappa shape index (κ3) is 5.41. The van der Waals surface area contributed by atoms with Crippen molar-refractivity contribution < 1.29 is 14.6 Å². The highest BCUT2D eigenvalue weighted by atomic mass is 16.5. The summed E-state index contributed by atoms with van der Waals surface area (Å²) < 4.78 is 5.48. The van der Waals surface area contributed by atoms with Crippen LogP contribution in [0.4, 0.5) is 5.69 Å². The Morgan fingerprint density at radius 3 is 2.69 bits per heavy atom. The zero-order chi connectivity index (χ0) is 20.6. The molecule has 1 saturated carbocycles. The fourth-order valence-corrected chi connectivity index (χ4v) is 3.79. The van der Waals surface area contributed by atoms with Crippen LogP contribution in [0.15, 0.2) is 48.5 Å². The minimum Gasteiger partial charge on any atom is -0.508 e. The van der Waals surface area contributed by atoms with Gasteiger partial charge in [-0.2, -0.15) is 5.26 Å². The molecule has 6 heteroatoms. The highest BCUT2D eigenvalue weighted by molar-refractivity contribution is 5.81. The Labute approximate surface area is 171 Å². The number of amides is 1. The van der Waals surface area contributed by atoms with E-state index in [1.807, 2.05) is 31.2 Å². The number of ether oxygens (including phenoxy) is 1. The topological polar surface area (TPSA) is 94.4 Å². The van der Waals surface area contributed by atoms with Crippen LogP contribution in [0.1, 0.15) is 44.2 Å². The molecule has 6 nitrogen and oxygen atoms in total. The number of anilines is 1. The average molecular weight is 393 g/mol. The van der Waals surface area contributed by atoms with E-state index in [2.05, 4.69) is 16.7 Å². The number of carbonyl (C=O) groups is 1. The van der Waals surface area contributed by atoms with Crippen LogP contribution in [-0.4, -0.2) is 23.7 Å². The van der Waals surface area contributed by atoms with E-state index in [4.69, 9.17) is 4.74 Å². The van der Waals surface area contributed by atoms with Crippen LogP contribution in [0.5, 0.6) is 11.5 Å². The standard InChI is InChI=1S/C23H27N3O3/c1-2-29-19-12-10-17(11-13-19)25-21-9-4-3-8-20(21)23(28)26-22(15-24)16-6-5-7-18(27)14-16/h5-7,10-14,20-22,25,27H,2-4,8-9H2,1H3,(H,26,28)/t20-,21+,22?/m1/s1. The van der Waals surface area contributed by atoms with Gasteiger partial charge in [0.2, 0.25) is 5.91 Å². The quantitative estimate of drug-likeness (QED) is 0.657. The molecule has 1 aliphatic carbocycles. The first-order valence-corrected chi connectivity index (χ1v) is 10.1. The molecule has 1 amide bonds. The van der Waals surface area contributed by atoms with Gasteiger partial charge >= 0.3 is 0 Å². The number of nitrogens with one attached hydrogen (secondary N) is 2. The van der Waals surface area contributed by atoms with Gasteiger partial charge in [-0.15, -0.1) is 0 Å². The van der Waals surface area contributed by atoms with Gasteiger partial charge in [-0.05, 0) is 61.7 Å². The summed E-state index contributed by atoms with van der Waals surface area (Å²) in [4.78, 5) is 13.0. The molecule has 0 radical (unpaired) electrons. The van der Waals surface area contributed by atoms with Gasteiger partial charge in [-0.25, -0.2) is 0 Å². The number of nitrogens with zero attached hydrogens (tertiary/aromatic N) is 1. The predicted octanol–water partition coefficient (Wildman–Crippen LogP) is 4.14. The number of hydrogen-bond acceptors (Lipinski definition) is 5. The number of rotatable bonds is 7. The number of nitriles is 1. The summed E-state index contributed by atoms with van der Waals surface area (Å²) in [7, 11) is 0. The Kier molecular flexibility index (Phi) is 6.96. The Morgan fingerprint density at radius 2 is 2.00 bits per heavy atom. The Morgan fingerprint density at radius 1 is 1.24 bits per heavy atom. The van der Waals surface area contributed by atoms with Crippen LogP contribution in [0.2, 0.25) is 0 Å². The Bertz CT molecular complexity index is 860. The summed E-state index contributed by atoms with van der Waals surface area (Å²) in [5.74, 6) is 0.537. The highest BCUT2D eigenvalue weighted by Gasteiger charge is 2.32. The molecule has 1 unspecified atom stereocenters. The molecular formula is C23H27N3O3. The van der Waals surface area contributed by atoms with E-state index in [1.165, 1.54) is 12.1 Å². The van der Waals surface area contributed by atoms with E-state index >= 15 is 0 Å². The molecule has 152 valence electrons. The molecule has 0 aliphatic heterocycles. The zero-order valence-corrected chi connectivity index (χ0v) is 16.6. The molecule has 2 aromatic carbocycles. The van der Waals surface area contributed by atoms with Crippen molar-refractivity contribution in [3.05, 3.63) is 54.1 Å². The number of hydrogen-bond donors (Lipinski definition) is 3. The zero-order valence-electron chi connectivity index (χ0n) is 16.6. The fourth-order valence-electron chi connectivity index (χ4n) is 3.79. The van der Waals surface area contributed by atoms with E-state index in [0.29, 0.717) is 12.2 Å². The molecule has 0 saturated heterocycles. The molecule has 3 N–H and O–H groups in total. The lowest BCUT2D eigenvalue weighted by Gasteiger charge is -2.32. The molecule has 1 fully saturated rings. The van der Waals surface area contributed by atoms with Crippen molar-refractivity contribution in [1.29, 1.82) is 5.26 Å². The summed E-state index contributed by atoms with van der Waals surface area (Å²) >= 11 is 0. The molecule has 0 spiro atoms. The molecule has 2 aromatic rings. The summed E-state index contributed by atoms with van der Waals surface area (Å²) in [5, 5.41) is 25.5. The van der Waals surface area contributed by atoms with Crippen LogP contribution < -0.4 is 15.4 Å². The minimum absolute atomic E-state index is 0.00483. The molecular weight excluding hydrogens is 366 g/mol. The lowest BCUT2D eigenvalue weighted by Crippen LogP contribution is -2.43. The Balaban J connectivity index is 1.68. The van der Waals surface area contributed by atoms with Crippen LogP contribution in [0.3, 0.4) is 0 Å². The maximum Gasteiger partial charge on any atom is 0.226 e. The van der Waals surface area contributed by atoms with Crippen LogP contribution in [0.25, 0.3) is 0 Å².